The third-order valence-corrected chi connectivity index (χ3v) is 3.89. The molecule has 1 heterocycles. The molecule has 3 aromatic rings. The predicted molar refractivity (Wildman–Crippen MR) is 93.9 cm³/mol. The maximum absolute atomic E-state index is 11.6. The van der Waals surface area contributed by atoms with Gasteiger partial charge in [-0.25, -0.2) is 0 Å². The first kappa shape index (κ1) is 16.9. The Morgan fingerprint density at radius 3 is 2.44 bits per heavy atom. The average molecular weight is 337 g/mol. The summed E-state index contributed by atoms with van der Waals surface area (Å²) in [6, 6.07) is 17.3. The van der Waals surface area contributed by atoms with Gasteiger partial charge in [0.2, 0.25) is 5.89 Å². The highest BCUT2D eigenvalue weighted by molar-refractivity contribution is 5.93. The van der Waals surface area contributed by atoms with E-state index in [-0.39, 0.29) is 5.91 Å². The number of benzene rings is 2. The van der Waals surface area contributed by atoms with Crippen LogP contribution in [-0.4, -0.2) is 30.2 Å². The summed E-state index contributed by atoms with van der Waals surface area (Å²) >= 11 is 0. The highest BCUT2D eigenvalue weighted by Gasteiger charge is 2.13. The molecule has 2 aromatic carbocycles. The zero-order valence-corrected chi connectivity index (χ0v) is 14.3. The smallest absolute Gasteiger partial charge is 0.271 e. The summed E-state index contributed by atoms with van der Waals surface area (Å²) in [5.74, 6) is 1.07. The molecule has 1 atom stereocenters. The average Bonchev–Trinajstić information content (AvgIpc) is 3.10. The van der Waals surface area contributed by atoms with Crippen molar-refractivity contribution >= 4 is 5.91 Å². The summed E-state index contributed by atoms with van der Waals surface area (Å²) in [5, 5.41) is 10.9. The number of quaternary nitrogens is 1. The van der Waals surface area contributed by atoms with Gasteiger partial charge in [0, 0.05) is 23.7 Å². The Bertz CT molecular complexity index is 828. The van der Waals surface area contributed by atoms with Crippen LogP contribution in [0.25, 0.3) is 11.5 Å². The molecular formula is C19H21N4O2+. The second-order valence-electron chi connectivity index (χ2n) is 5.95. The molecule has 0 saturated heterocycles. The second kappa shape index (κ2) is 7.72. The Labute approximate surface area is 146 Å². The predicted octanol–water partition coefficient (Wildman–Crippen LogP) is 1.31. The van der Waals surface area contributed by atoms with Gasteiger partial charge in [-0.2, -0.15) is 0 Å². The molecule has 1 aromatic heterocycles. The van der Waals surface area contributed by atoms with Crippen molar-refractivity contribution < 1.29 is 14.1 Å². The fourth-order valence-electron chi connectivity index (χ4n) is 2.61. The van der Waals surface area contributed by atoms with E-state index in [0.29, 0.717) is 23.9 Å². The van der Waals surface area contributed by atoms with Crippen molar-refractivity contribution in [3.05, 3.63) is 71.6 Å². The van der Waals surface area contributed by atoms with E-state index in [1.165, 1.54) is 4.90 Å². The molecular weight excluding hydrogens is 316 g/mol. The minimum absolute atomic E-state index is 0.0773. The van der Waals surface area contributed by atoms with E-state index in [9.17, 15) is 4.79 Å². The van der Waals surface area contributed by atoms with Gasteiger partial charge in [-0.15, -0.1) is 10.2 Å². The molecule has 6 heteroatoms. The standard InChI is InChI=1S/C19H20N4O2/c1-20-18(24)15-10-8-14(9-11-15)12-23(2)13-17-21-22-19(25-17)16-6-4-3-5-7-16/h3-11H,12-13H2,1-2H3,(H,20,24)/p+1. The molecule has 0 spiro atoms. The zero-order valence-electron chi connectivity index (χ0n) is 14.3. The van der Waals surface area contributed by atoms with Crippen LogP contribution in [0.5, 0.6) is 0 Å². The Balaban J connectivity index is 1.60. The van der Waals surface area contributed by atoms with Crippen molar-refractivity contribution in [2.75, 3.05) is 14.1 Å². The lowest BCUT2D eigenvalue weighted by Crippen LogP contribution is -3.06. The van der Waals surface area contributed by atoms with Crippen LogP contribution in [0.15, 0.2) is 59.0 Å². The Morgan fingerprint density at radius 2 is 1.76 bits per heavy atom. The van der Waals surface area contributed by atoms with E-state index in [0.717, 1.165) is 17.7 Å². The van der Waals surface area contributed by atoms with Gasteiger partial charge in [0.1, 0.15) is 6.54 Å². The third-order valence-electron chi connectivity index (χ3n) is 3.89. The molecule has 3 rings (SSSR count). The van der Waals surface area contributed by atoms with E-state index >= 15 is 0 Å². The van der Waals surface area contributed by atoms with Gasteiger partial charge in [-0.3, -0.25) is 4.79 Å². The maximum atomic E-state index is 11.6. The van der Waals surface area contributed by atoms with Crippen LogP contribution in [0, 0.1) is 0 Å². The third kappa shape index (κ3) is 4.30. The molecule has 25 heavy (non-hydrogen) atoms. The molecule has 0 aliphatic rings. The van der Waals surface area contributed by atoms with Crippen molar-refractivity contribution in [1.82, 2.24) is 15.5 Å². The lowest BCUT2D eigenvalue weighted by atomic mass is 10.1. The molecule has 0 radical (unpaired) electrons. The fraction of sp³-hybridized carbons (Fsp3) is 0.211. The number of carbonyl (C=O) groups excluding carboxylic acids is 1. The van der Waals surface area contributed by atoms with Crippen molar-refractivity contribution in [1.29, 1.82) is 0 Å². The van der Waals surface area contributed by atoms with Gasteiger partial charge in [0.15, 0.2) is 6.54 Å². The molecule has 0 aliphatic heterocycles. The molecule has 1 unspecified atom stereocenters. The summed E-state index contributed by atoms with van der Waals surface area (Å²) < 4.78 is 5.75. The summed E-state index contributed by atoms with van der Waals surface area (Å²) in [6.07, 6.45) is 0. The number of hydrogen-bond acceptors (Lipinski definition) is 4. The molecule has 2 N–H and O–H groups in total. The molecule has 0 fully saturated rings. The monoisotopic (exact) mass is 337 g/mol. The molecule has 0 aliphatic carbocycles. The second-order valence-corrected chi connectivity index (χ2v) is 5.95. The Kier molecular flexibility index (Phi) is 5.20. The number of hydrogen-bond donors (Lipinski definition) is 2. The first-order chi connectivity index (χ1) is 12.2. The van der Waals surface area contributed by atoms with Gasteiger partial charge in [0.25, 0.3) is 11.8 Å². The van der Waals surface area contributed by atoms with Gasteiger partial charge < -0.3 is 14.6 Å². The van der Waals surface area contributed by atoms with Gasteiger partial charge in [-0.05, 0) is 24.3 Å². The number of aromatic nitrogens is 2. The Hall–Kier alpha value is -2.99. The van der Waals surface area contributed by atoms with Crippen LogP contribution in [0.4, 0.5) is 0 Å². The lowest BCUT2D eigenvalue weighted by Gasteiger charge is -2.12. The van der Waals surface area contributed by atoms with Gasteiger partial charge in [0.05, 0.1) is 7.05 Å². The van der Waals surface area contributed by atoms with E-state index < -0.39 is 0 Å². The molecule has 0 bridgehead atoms. The molecule has 128 valence electrons. The van der Waals surface area contributed by atoms with E-state index in [1.54, 1.807) is 7.05 Å². The SMILES string of the molecule is CNC(=O)c1ccc(C[NH+](C)Cc2nnc(-c3ccccc3)o2)cc1. The molecule has 1 amide bonds. The topological polar surface area (TPSA) is 72.5 Å². The highest BCUT2D eigenvalue weighted by Crippen LogP contribution is 2.16. The minimum atomic E-state index is -0.0773. The lowest BCUT2D eigenvalue weighted by molar-refractivity contribution is -0.909. The van der Waals surface area contributed by atoms with Crippen molar-refractivity contribution in [2.24, 2.45) is 0 Å². The largest absolute Gasteiger partial charge is 0.415 e. The van der Waals surface area contributed by atoms with E-state index in [2.05, 4.69) is 22.6 Å². The maximum Gasteiger partial charge on any atom is 0.271 e. The minimum Gasteiger partial charge on any atom is -0.415 e. The first-order valence-electron chi connectivity index (χ1n) is 8.16. The number of nitrogens with one attached hydrogen (secondary N) is 2. The van der Waals surface area contributed by atoms with Crippen LogP contribution in [-0.2, 0) is 13.1 Å². The number of rotatable bonds is 6. The first-order valence-corrected chi connectivity index (χ1v) is 8.16. The summed E-state index contributed by atoms with van der Waals surface area (Å²) in [4.78, 5) is 12.8. The van der Waals surface area contributed by atoms with Gasteiger partial charge >= 0.3 is 0 Å². The quantitative estimate of drug-likeness (QED) is 0.711. The summed E-state index contributed by atoms with van der Waals surface area (Å²) in [7, 11) is 3.70. The van der Waals surface area contributed by atoms with Crippen LogP contribution < -0.4 is 10.2 Å². The fourth-order valence-corrected chi connectivity index (χ4v) is 2.61. The number of nitrogens with zero attached hydrogens (tertiary/aromatic N) is 2. The van der Waals surface area contributed by atoms with Crippen LogP contribution >= 0.6 is 0 Å². The number of carbonyl (C=O) groups is 1. The van der Waals surface area contributed by atoms with E-state index in [1.807, 2.05) is 54.6 Å². The molecule has 6 nitrogen and oxygen atoms in total. The number of amides is 1. The van der Waals surface area contributed by atoms with Crippen molar-refractivity contribution in [2.45, 2.75) is 13.1 Å². The van der Waals surface area contributed by atoms with Crippen molar-refractivity contribution in [3.8, 4) is 11.5 Å². The summed E-state index contributed by atoms with van der Waals surface area (Å²) in [5.41, 5.74) is 2.73. The van der Waals surface area contributed by atoms with Crippen molar-refractivity contribution in [3.63, 3.8) is 0 Å². The van der Waals surface area contributed by atoms with Crippen LogP contribution in [0.3, 0.4) is 0 Å². The normalized spacial score (nSPS) is 11.9. The Morgan fingerprint density at radius 1 is 1.04 bits per heavy atom. The van der Waals surface area contributed by atoms with Gasteiger partial charge in [-0.1, -0.05) is 30.3 Å². The van der Waals surface area contributed by atoms with Crippen LogP contribution in [0.2, 0.25) is 0 Å². The van der Waals surface area contributed by atoms with E-state index in [4.69, 9.17) is 4.42 Å². The zero-order chi connectivity index (χ0) is 17.6. The summed E-state index contributed by atoms with van der Waals surface area (Å²) in [6.45, 7) is 1.44. The highest BCUT2D eigenvalue weighted by atomic mass is 16.4. The molecule has 0 saturated carbocycles. The van der Waals surface area contributed by atoms with Crippen LogP contribution in [0.1, 0.15) is 21.8 Å².